The lowest BCUT2D eigenvalue weighted by Crippen LogP contribution is -2.43. The van der Waals surface area contributed by atoms with Crippen molar-refractivity contribution < 1.29 is 19.4 Å². The average Bonchev–Trinajstić information content (AvgIpc) is 3.12. The van der Waals surface area contributed by atoms with Crippen molar-refractivity contribution in [3.63, 3.8) is 0 Å². The summed E-state index contributed by atoms with van der Waals surface area (Å²) >= 11 is 1.48. The zero-order valence-corrected chi connectivity index (χ0v) is 19.9. The van der Waals surface area contributed by atoms with Gasteiger partial charge in [0.05, 0.1) is 11.5 Å². The minimum absolute atomic E-state index is 0.0709. The molecule has 174 valence electrons. The molecule has 33 heavy (non-hydrogen) atoms. The number of carbonyl (C=O) groups excluding carboxylic acids is 1. The van der Waals surface area contributed by atoms with Crippen LogP contribution in [-0.2, 0) is 9.53 Å². The number of carboxylic acid groups (broad SMARTS) is 1. The van der Waals surface area contributed by atoms with Crippen molar-refractivity contribution in [1.82, 2.24) is 5.32 Å². The number of nitrogens with one attached hydrogen (secondary N) is 1. The Hall–Kier alpha value is -2.98. The van der Waals surface area contributed by atoms with Crippen LogP contribution in [0.3, 0.4) is 0 Å². The van der Waals surface area contributed by atoms with Crippen molar-refractivity contribution in [3.8, 4) is 17.2 Å². The molecule has 1 aliphatic carbocycles. The van der Waals surface area contributed by atoms with Gasteiger partial charge < -0.3 is 15.2 Å². The highest BCUT2D eigenvalue weighted by Gasteiger charge is 2.29. The van der Waals surface area contributed by atoms with Gasteiger partial charge in [0.2, 0.25) is 0 Å². The van der Waals surface area contributed by atoms with Crippen LogP contribution in [0.25, 0.3) is 11.1 Å². The molecule has 1 amide bonds. The van der Waals surface area contributed by atoms with Gasteiger partial charge in [-0.25, -0.2) is 9.59 Å². The van der Waals surface area contributed by atoms with Crippen LogP contribution in [0.5, 0.6) is 0 Å². The number of alkyl carbamates (subject to hydrolysis) is 1. The van der Waals surface area contributed by atoms with E-state index in [1.165, 1.54) is 11.8 Å². The monoisotopic (exact) mass is 466 g/mol. The van der Waals surface area contributed by atoms with Crippen LogP contribution in [-0.4, -0.2) is 41.3 Å². The number of aliphatic carboxylic acids is 1. The van der Waals surface area contributed by atoms with Gasteiger partial charge in [0.25, 0.3) is 0 Å². The Kier molecular flexibility index (Phi) is 8.40. The summed E-state index contributed by atoms with van der Waals surface area (Å²) < 4.78 is 5.46. The summed E-state index contributed by atoms with van der Waals surface area (Å²) in [5.41, 5.74) is 4.16. The number of fused-ring (bicyclic) bond motifs is 3. The molecule has 6 nitrogen and oxygen atoms in total. The second-order valence-corrected chi connectivity index (χ2v) is 10.0. The first-order chi connectivity index (χ1) is 15.8. The van der Waals surface area contributed by atoms with E-state index in [-0.39, 0.29) is 23.7 Å². The van der Waals surface area contributed by atoms with Crippen molar-refractivity contribution in [2.24, 2.45) is 5.41 Å². The molecule has 0 aromatic heterocycles. The first-order valence-corrected chi connectivity index (χ1v) is 12.3. The number of hydrogen-bond donors (Lipinski definition) is 2. The first kappa shape index (κ1) is 24.7. The Morgan fingerprint density at radius 1 is 1.12 bits per heavy atom. The average molecular weight is 467 g/mol. The molecule has 0 heterocycles. The van der Waals surface area contributed by atoms with Gasteiger partial charge in [-0.3, -0.25) is 0 Å². The molecular formula is C26H30N2O4S. The summed E-state index contributed by atoms with van der Waals surface area (Å²) in [5, 5.41) is 21.0. The van der Waals surface area contributed by atoms with Crippen molar-refractivity contribution in [2.75, 3.05) is 18.1 Å². The summed E-state index contributed by atoms with van der Waals surface area (Å²) in [7, 11) is 0. The minimum atomic E-state index is -1.08. The van der Waals surface area contributed by atoms with E-state index in [1.807, 2.05) is 50.2 Å². The van der Waals surface area contributed by atoms with Gasteiger partial charge in [-0.15, -0.1) is 0 Å². The number of thioether (sulfide) groups is 1. The van der Waals surface area contributed by atoms with Gasteiger partial charge in [0, 0.05) is 11.7 Å². The zero-order chi connectivity index (χ0) is 23.8. The van der Waals surface area contributed by atoms with E-state index in [4.69, 9.17) is 10.00 Å². The van der Waals surface area contributed by atoms with Gasteiger partial charge in [0.1, 0.15) is 12.6 Å². The number of carboxylic acids is 1. The fraction of sp³-hybridized carbons (Fsp3) is 0.423. The topological polar surface area (TPSA) is 99.4 Å². The maximum Gasteiger partial charge on any atom is 0.407 e. The molecular weight excluding hydrogens is 436 g/mol. The largest absolute Gasteiger partial charge is 0.480 e. The summed E-state index contributed by atoms with van der Waals surface area (Å²) in [6, 6.07) is 17.4. The van der Waals surface area contributed by atoms with Crippen LogP contribution in [0.15, 0.2) is 48.5 Å². The van der Waals surface area contributed by atoms with Gasteiger partial charge in [-0.05, 0) is 54.7 Å². The fourth-order valence-corrected chi connectivity index (χ4v) is 5.02. The molecule has 3 rings (SSSR count). The molecule has 1 aliphatic rings. The molecule has 0 spiro atoms. The van der Waals surface area contributed by atoms with E-state index in [0.717, 1.165) is 47.3 Å². The van der Waals surface area contributed by atoms with E-state index in [2.05, 4.69) is 23.5 Å². The molecule has 0 bridgehead atoms. The summed E-state index contributed by atoms with van der Waals surface area (Å²) in [6.45, 7) is 3.98. The van der Waals surface area contributed by atoms with Crippen molar-refractivity contribution in [2.45, 2.75) is 45.1 Å². The molecule has 0 radical (unpaired) electrons. The van der Waals surface area contributed by atoms with Crippen molar-refractivity contribution in [1.29, 1.82) is 5.26 Å². The number of carbonyl (C=O) groups is 2. The molecule has 0 saturated heterocycles. The lowest BCUT2D eigenvalue weighted by molar-refractivity contribution is -0.138. The molecule has 0 saturated carbocycles. The summed E-state index contributed by atoms with van der Waals surface area (Å²) in [4.78, 5) is 24.0. The molecule has 0 aliphatic heterocycles. The SMILES string of the molecule is CC(C)(C#N)CCCCSCC(NC(=O)OCC1c2ccccc2-c2ccccc21)C(=O)O. The van der Waals surface area contributed by atoms with Crippen molar-refractivity contribution in [3.05, 3.63) is 59.7 Å². The minimum Gasteiger partial charge on any atom is -0.480 e. The highest BCUT2D eigenvalue weighted by Crippen LogP contribution is 2.44. The summed E-state index contributed by atoms with van der Waals surface area (Å²) in [5.74, 6) is -0.112. The molecule has 2 aromatic carbocycles. The molecule has 2 aromatic rings. The Labute approximate surface area is 199 Å². The molecule has 0 fully saturated rings. The third-order valence-electron chi connectivity index (χ3n) is 5.86. The lowest BCUT2D eigenvalue weighted by Gasteiger charge is -2.17. The Morgan fingerprint density at radius 2 is 1.73 bits per heavy atom. The first-order valence-electron chi connectivity index (χ1n) is 11.2. The van der Waals surface area contributed by atoms with Gasteiger partial charge in [-0.1, -0.05) is 55.0 Å². The van der Waals surface area contributed by atoms with Gasteiger partial charge in [0.15, 0.2) is 0 Å². The third kappa shape index (κ3) is 6.52. The van der Waals surface area contributed by atoms with Crippen LogP contribution in [0.1, 0.15) is 50.2 Å². The predicted octanol–water partition coefficient (Wildman–Crippen LogP) is 5.43. The Morgan fingerprint density at radius 3 is 2.30 bits per heavy atom. The van der Waals surface area contributed by atoms with Crippen LogP contribution < -0.4 is 5.32 Å². The van der Waals surface area contributed by atoms with Crippen LogP contribution in [0.4, 0.5) is 4.79 Å². The van der Waals surface area contributed by atoms with Crippen LogP contribution in [0.2, 0.25) is 0 Å². The smallest absolute Gasteiger partial charge is 0.407 e. The number of benzene rings is 2. The van der Waals surface area contributed by atoms with Crippen LogP contribution in [0, 0.1) is 16.7 Å². The number of amides is 1. The molecule has 1 atom stereocenters. The number of ether oxygens (including phenoxy) is 1. The normalized spacial score (nSPS) is 13.5. The van der Waals surface area contributed by atoms with Gasteiger partial charge in [-0.2, -0.15) is 17.0 Å². The van der Waals surface area contributed by atoms with E-state index >= 15 is 0 Å². The number of rotatable bonds is 11. The van der Waals surface area contributed by atoms with E-state index in [1.54, 1.807) is 0 Å². The maximum absolute atomic E-state index is 12.4. The fourth-order valence-electron chi connectivity index (χ4n) is 3.99. The Bertz CT molecular complexity index is 985. The highest BCUT2D eigenvalue weighted by molar-refractivity contribution is 7.99. The molecule has 2 N–H and O–H groups in total. The second kappa shape index (κ2) is 11.2. The standard InChI is InChI=1S/C26H30N2O4S/c1-26(2,17-27)13-7-8-14-33-16-23(24(29)30)28-25(31)32-15-22-20-11-5-3-9-18(20)19-10-4-6-12-21(19)22/h3-6,9-12,22-23H,7-8,13-16H2,1-2H3,(H,28,31)(H,29,30). The van der Waals surface area contributed by atoms with Crippen LogP contribution >= 0.6 is 11.8 Å². The lowest BCUT2D eigenvalue weighted by atomic mass is 9.89. The molecule has 7 heteroatoms. The molecule has 1 unspecified atom stereocenters. The number of unbranched alkanes of at least 4 members (excludes halogenated alkanes) is 1. The maximum atomic E-state index is 12.4. The quantitative estimate of drug-likeness (QED) is 0.428. The third-order valence-corrected chi connectivity index (χ3v) is 7.01. The van der Waals surface area contributed by atoms with E-state index in [0.29, 0.717) is 0 Å². The van der Waals surface area contributed by atoms with E-state index < -0.39 is 18.1 Å². The summed E-state index contributed by atoms with van der Waals surface area (Å²) in [6.07, 6.45) is 1.89. The highest BCUT2D eigenvalue weighted by atomic mass is 32.2. The number of nitrogens with zero attached hydrogens (tertiary/aromatic N) is 1. The number of nitriles is 1. The predicted molar refractivity (Wildman–Crippen MR) is 130 cm³/mol. The van der Waals surface area contributed by atoms with Gasteiger partial charge >= 0.3 is 12.1 Å². The van der Waals surface area contributed by atoms with Crippen molar-refractivity contribution >= 4 is 23.8 Å². The number of hydrogen-bond acceptors (Lipinski definition) is 5. The van der Waals surface area contributed by atoms with E-state index in [9.17, 15) is 14.7 Å². The Balaban J connectivity index is 1.47. The zero-order valence-electron chi connectivity index (χ0n) is 19.0. The second-order valence-electron chi connectivity index (χ2n) is 8.89.